The molecule has 1 aromatic heterocycles. The van der Waals surface area contributed by atoms with Gasteiger partial charge < -0.3 is 11.1 Å². The first-order valence-corrected chi connectivity index (χ1v) is 9.97. The number of benzene rings is 2. The highest BCUT2D eigenvalue weighted by atomic mass is 19.1. The molecule has 1 aliphatic rings. The summed E-state index contributed by atoms with van der Waals surface area (Å²) in [6, 6.07) is 12.0. The quantitative estimate of drug-likeness (QED) is 0.641. The van der Waals surface area contributed by atoms with Crippen LogP contribution in [0.2, 0.25) is 0 Å². The highest BCUT2D eigenvalue weighted by Crippen LogP contribution is 2.32. The van der Waals surface area contributed by atoms with Gasteiger partial charge in [0.1, 0.15) is 5.82 Å². The van der Waals surface area contributed by atoms with E-state index in [4.69, 9.17) is 5.73 Å². The molecule has 0 radical (unpaired) electrons. The number of anilines is 1. The first-order valence-electron chi connectivity index (χ1n) is 9.97. The maximum atomic E-state index is 13.3. The van der Waals surface area contributed by atoms with Crippen LogP contribution >= 0.6 is 0 Å². The molecule has 0 aliphatic heterocycles. The number of halogens is 1. The number of hydrogen-bond acceptors (Lipinski definition) is 3. The highest BCUT2D eigenvalue weighted by molar-refractivity contribution is 5.95. The predicted molar refractivity (Wildman–Crippen MR) is 112 cm³/mol. The van der Waals surface area contributed by atoms with Crippen molar-refractivity contribution in [1.29, 1.82) is 0 Å². The number of nitrogens with two attached hydrogens (primary N) is 1. The Kier molecular flexibility index (Phi) is 5.09. The summed E-state index contributed by atoms with van der Waals surface area (Å²) in [7, 11) is 0. The summed E-state index contributed by atoms with van der Waals surface area (Å²) in [6.07, 6.45) is 4.48. The lowest BCUT2D eigenvalue weighted by atomic mass is 9.87. The Bertz CT molecular complexity index is 1040. The van der Waals surface area contributed by atoms with E-state index in [0.717, 1.165) is 41.9 Å². The third kappa shape index (κ3) is 3.75. The van der Waals surface area contributed by atoms with Crippen LogP contribution in [0, 0.1) is 5.82 Å². The fourth-order valence-corrected chi connectivity index (χ4v) is 4.10. The molecule has 0 spiro atoms. The normalized spacial score (nSPS) is 15.9. The topological polar surface area (TPSA) is 72.9 Å². The molecule has 29 heavy (non-hydrogen) atoms. The van der Waals surface area contributed by atoms with E-state index in [2.05, 4.69) is 10.4 Å². The molecule has 6 heteroatoms. The Balaban J connectivity index is 1.64. The number of fused-ring (bicyclic) bond motifs is 1. The molecule has 150 valence electrons. The van der Waals surface area contributed by atoms with Crippen molar-refractivity contribution in [3.8, 4) is 5.69 Å². The molecule has 4 rings (SSSR count). The standard InChI is InChI=1S/C23H25FN4O/c1-14(2)22-20(13-26-28(22)18-9-6-16(24)7-10-18)23(29)27-21-5-3-4-15-12-17(25)8-11-19(15)21/h6-14,21H,3-5,25H2,1-2H3,(H,27,29). The van der Waals surface area contributed by atoms with Gasteiger partial charge in [0.2, 0.25) is 0 Å². The van der Waals surface area contributed by atoms with Crippen LogP contribution in [-0.2, 0) is 6.42 Å². The average molecular weight is 392 g/mol. The molecule has 1 aliphatic carbocycles. The van der Waals surface area contributed by atoms with Crippen LogP contribution in [0.4, 0.5) is 10.1 Å². The van der Waals surface area contributed by atoms with E-state index in [9.17, 15) is 9.18 Å². The zero-order chi connectivity index (χ0) is 20.5. The Hall–Kier alpha value is -3.15. The lowest BCUT2D eigenvalue weighted by molar-refractivity contribution is 0.0931. The molecule has 3 N–H and O–H groups in total. The smallest absolute Gasteiger partial charge is 0.255 e. The molecule has 1 atom stereocenters. The highest BCUT2D eigenvalue weighted by Gasteiger charge is 2.26. The maximum absolute atomic E-state index is 13.3. The molecule has 0 bridgehead atoms. The van der Waals surface area contributed by atoms with Crippen molar-refractivity contribution in [2.45, 2.75) is 45.1 Å². The lowest BCUT2D eigenvalue weighted by Crippen LogP contribution is -2.31. The summed E-state index contributed by atoms with van der Waals surface area (Å²) < 4.78 is 15.0. The van der Waals surface area contributed by atoms with E-state index < -0.39 is 0 Å². The second-order valence-electron chi connectivity index (χ2n) is 7.86. The number of carbonyl (C=O) groups is 1. The molecule has 1 unspecified atom stereocenters. The molecular weight excluding hydrogens is 367 g/mol. The van der Waals surface area contributed by atoms with Crippen LogP contribution in [-0.4, -0.2) is 15.7 Å². The zero-order valence-electron chi connectivity index (χ0n) is 16.7. The lowest BCUT2D eigenvalue weighted by Gasteiger charge is -2.27. The Morgan fingerprint density at radius 1 is 1.24 bits per heavy atom. The second-order valence-corrected chi connectivity index (χ2v) is 7.86. The van der Waals surface area contributed by atoms with Gasteiger partial charge in [-0.3, -0.25) is 4.79 Å². The van der Waals surface area contributed by atoms with Crippen LogP contribution < -0.4 is 11.1 Å². The summed E-state index contributed by atoms with van der Waals surface area (Å²) in [5.74, 6) is -0.375. The maximum Gasteiger partial charge on any atom is 0.255 e. The van der Waals surface area contributed by atoms with Gasteiger partial charge in [-0.2, -0.15) is 5.10 Å². The fraction of sp³-hybridized carbons (Fsp3) is 0.304. The molecule has 1 heterocycles. The molecule has 3 aromatic rings. The number of rotatable bonds is 4. The molecule has 0 fully saturated rings. The van der Waals surface area contributed by atoms with Gasteiger partial charge in [-0.05, 0) is 72.7 Å². The molecule has 5 nitrogen and oxygen atoms in total. The van der Waals surface area contributed by atoms with Gasteiger partial charge in [0.05, 0.1) is 29.2 Å². The Morgan fingerprint density at radius 3 is 2.72 bits per heavy atom. The number of nitrogens with zero attached hydrogens (tertiary/aromatic N) is 2. The van der Waals surface area contributed by atoms with Crippen molar-refractivity contribution in [2.24, 2.45) is 0 Å². The molecular formula is C23H25FN4O. The zero-order valence-corrected chi connectivity index (χ0v) is 16.7. The van der Waals surface area contributed by atoms with Crippen molar-refractivity contribution >= 4 is 11.6 Å². The minimum atomic E-state index is -0.304. The van der Waals surface area contributed by atoms with E-state index in [1.807, 2.05) is 32.0 Å². The van der Waals surface area contributed by atoms with Crippen molar-refractivity contribution in [3.05, 3.63) is 76.9 Å². The molecule has 0 saturated heterocycles. The summed E-state index contributed by atoms with van der Waals surface area (Å²) in [5, 5.41) is 7.61. The van der Waals surface area contributed by atoms with Crippen molar-refractivity contribution < 1.29 is 9.18 Å². The van der Waals surface area contributed by atoms with Gasteiger partial charge in [-0.1, -0.05) is 19.9 Å². The number of aromatic nitrogens is 2. The van der Waals surface area contributed by atoms with Gasteiger partial charge in [0.15, 0.2) is 0 Å². The van der Waals surface area contributed by atoms with E-state index in [1.54, 1.807) is 23.0 Å². The van der Waals surface area contributed by atoms with Crippen molar-refractivity contribution in [1.82, 2.24) is 15.1 Å². The first kappa shape index (κ1) is 19.2. The van der Waals surface area contributed by atoms with Crippen LogP contribution in [0.3, 0.4) is 0 Å². The van der Waals surface area contributed by atoms with Gasteiger partial charge >= 0.3 is 0 Å². The van der Waals surface area contributed by atoms with Crippen LogP contribution in [0.5, 0.6) is 0 Å². The number of carbonyl (C=O) groups excluding carboxylic acids is 1. The summed E-state index contributed by atoms with van der Waals surface area (Å²) in [4.78, 5) is 13.2. The number of nitrogens with one attached hydrogen (secondary N) is 1. The number of aryl methyl sites for hydroxylation is 1. The summed E-state index contributed by atoms with van der Waals surface area (Å²) in [6.45, 7) is 4.04. The summed E-state index contributed by atoms with van der Waals surface area (Å²) in [5.41, 5.74) is 11.1. The van der Waals surface area contributed by atoms with E-state index in [1.165, 1.54) is 17.7 Å². The van der Waals surface area contributed by atoms with Crippen molar-refractivity contribution in [2.75, 3.05) is 5.73 Å². The SMILES string of the molecule is CC(C)c1c(C(=O)NC2CCCc3cc(N)ccc32)cnn1-c1ccc(F)cc1. The monoisotopic (exact) mass is 392 g/mol. The molecule has 0 saturated carbocycles. The average Bonchev–Trinajstić information content (AvgIpc) is 3.14. The van der Waals surface area contributed by atoms with E-state index >= 15 is 0 Å². The fourth-order valence-electron chi connectivity index (χ4n) is 4.10. The van der Waals surface area contributed by atoms with Crippen LogP contribution in [0.25, 0.3) is 5.69 Å². The van der Waals surface area contributed by atoms with E-state index in [-0.39, 0.29) is 23.7 Å². The third-order valence-electron chi connectivity index (χ3n) is 5.46. The van der Waals surface area contributed by atoms with Gasteiger partial charge in [0, 0.05) is 5.69 Å². The number of nitrogen functional groups attached to an aromatic ring is 1. The molecule has 1 amide bonds. The van der Waals surface area contributed by atoms with E-state index in [0.29, 0.717) is 5.56 Å². The second kappa shape index (κ2) is 7.70. The largest absolute Gasteiger partial charge is 0.399 e. The van der Waals surface area contributed by atoms with Crippen molar-refractivity contribution in [3.63, 3.8) is 0 Å². The summed E-state index contributed by atoms with van der Waals surface area (Å²) >= 11 is 0. The minimum absolute atomic E-state index is 0.0407. The Labute approximate surface area is 169 Å². The first-order chi connectivity index (χ1) is 13.9. The number of amides is 1. The van der Waals surface area contributed by atoms with Gasteiger partial charge in [-0.15, -0.1) is 0 Å². The minimum Gasteiger partial charge on any atom is -0.399 e. The predicted octanol–water partition coefficient (Wildman–Crippen LogP) is 4.52. The molecule has 2 aromatic carbocycles. The van der Waals surface area contributed by atoms with Gasteiger partial charge in [0.25, 0.3) is 5.91 Å². The Morgan fingerprint density at radius 2 is 2.00 bits per heavy atom. The van der Waals surface area contributed by atoms with Crippen LogP contribution in [0.1, 0.15) is 65.8 Å². The number of hydrogen-bond donors (Lipinski definition) is 2. The van der Waals surface area contributed by atoms with Crippen LogP contribution in [0.15, 0.2) is 48.7 Å². The van der Waals surface area contributed by atoms with Gasteiger partial charge in [-0.25, -0.2) is 9.07 Å². The third-order valence-corrected chi connectivity index (χ3v) is 5.46.